The lowest BCUT2D eigenvalue weighted by Crippen LogP contribution is -2.28. The molecule has 0 unspecified atom stereocenters. The fraction of sp³-hybridized carbons (Fsp3) is 0.278. The molecule has 2 aromatic carbocycles. The van der Waals surface area contributed by atoms with Crippen molar-refractivity contribution in [3.05, 3.63) is 53.6 Å². The molecule has 144 valence electrons. The van der Waals surface area contributed by atoms with Crippen LogP contribution >= 0.6 is 0 Å². The van der Waals surface area contributed by atoms with E-state index in [2.05, 4.69) is 10.0 Å². The van der Waals surface area contributed by atoms with Crippen LogP contribution in [-0.4, -0.2) is 41.4 Å². The Kier molecular flexibility index (Phi) is 5.94. The van der Waals surface area contributed by atoms with Gasteiger partial charge in [-0.15, -0.1) is 0 Å². The fourth-order valence-electron chi connectivity index (χ4n) is 2.55. The lowest BCUT2D eigenvalue weighted by Gasteiger charge is -2.09. The van der Waals surface area contributed by atoms with Crippen LogP contribution in [0, 0.1) is 0 Å². The molecule has 0 aromatic heterocycles. The van der Waals surface area contributed by atoms with E-state index >= 15 is 0 Å². The number of carbonyl (C=O) groups excluding carboxylic acids is 1. The predicted octanol–water partition coefficient (Wildman–Crippen LogP) is 1.73. The number of carbonyl (C=O) groups is 1. The highest BCUT2D eigenvalue weighted by Crippen LogP contribution is 2.32. The Morgan fingerprint density at radius 1 is 1.15 bits per heavy atom. The predicted molar refractivity (Wildman–Crippen MR) is 99.5 cm³/mol. The number of ether oxygens (including phenoxy) is 3. The van der Waals surface area contributed by atoms with Crippen molar-refractivity contribution in [2.75, 3.05) is 32.4 Å². The van der Waals surface area contributed by atoms with Gasteiger partial charge in [0.05, 0.1) is 12.4 Å². The maximum Gasteiger partial charge on any atom is 0.255 e. The number of methoxy groups -OCH3 is 1. The molecule has 8 nitrogen and oxygen atoms in total. The Morgan fingerprint density at radius 2 is 1.96 bits per heavy atom. The van der Waals surface area contributed by atoms with Crippen LogP contribution in [0.4, 0.5) is 5.69 Å². The van der Waals surface area contributed by atoms with Crippen LogP contribution in [-0.2, 0) is 20.5 Å². The van der Waals surface area contributed by atoms with Gasteiger partial charge in [-0.25, -0.2) is 13.1 Å². The molecule has 0 saturated carbocycles. The Bertz CT molecular complexity index is 929. The molecule has 2 N–H and O–H groups in total. The molecule has 0 fully saturated rings. The Balaban J connectivity index is 1.66. The number of nitrogens with one attached hydrogen (secondary N) is 2. The van der Waals surface area contributed by atoms with Crippen LogP contribution in [0.25, 0.3) is 0 Å². The smallest absolute Gasteiger partial charge is 0.255 e. The number of fused-ring (bicyclic) bond motifs is 1. The molecule has 0 saturated heterocycles. The van der Waals surface area contributed by atoms with Crippen LogP contribution < -0.4 is 19.5 Å². The molecule has 2 aromatic rings. The molecule has 0 atom stereocenters. The standard InChI is InChI=1S/C18H20N2O6S/c1-24-8-7-19-27(22,23)11-13-3-2-4-15(9-13)20-18(21)14-5-6-16-17(10-14)26-12-25-16/h2-6,9-10,19H,7-8,11-12H2,1H3,(H,20,21). The first-order valence-electron chi connectivity index (χ1n) is 8.23. The van der Waals surface area contributed by atoms with Gasteiger partial charge in [0.15, 0.2) is 11.5 Å². The molecule has 0 radical (unpaired) electrons. The van der Waals surface area contributed by atoms with E-state index in [4.69, 9.17) is 14.2 Å². The molecule has 27 heavy (non-hydrogen) atoms. The highest BCUT2D eigenvalue weighted by atomic mass is 32.2. The Morgan fingerprint density at radius 3 is 2.78 bits per heavy atom. The van der Waals surface area contributed by atoms with E-state index in [0.29, 0.717) is 34.9 Å². The monoisotopic (exact) mass is 392 g/mol. The number of amides is 1. The molecule has 1 amide bonds. The second kappa shape index (κ2) is 8.38. The van der Waals surface area contributed by atoms with Crippen molar-refractivity contribution >= 4 is 21.6 Å². The highest BCUT2D eigenvalue weighted by molar-refractivity contribution is 7.88. The van der Waals surface area contributed by atoms with Gasteiger partial charge in [-0.3, -0.25) is 4.79 Å². The highest BCUT2D eigenvalue weighted by Gasteiger charge is 2.17. The molecular formula is C18H20N2O6S. The Labute approximate surface area is 157 Å². The second-order valence-electron chi connectivity index (χ2n) is 5.87. The molecule has 0 aliphatic carbocycles. The van der Waals surface area contributed by atoms with E-state index in [0.717, 1.165) is 0 Å². The zero-order valence-electron chi connectivity index (χ0n) is 14.7. The first kappa shape index (κ1) is 19.2. The summed E-state index contributed by atoms with van der Waals surface area (Å²) in [5, 5.41) is 2.76. The van der Waals surface area contributed by atoms with Crippen LogP contribution in [0.1, 0.15) is 15.9 Å². The maximum absolute atomic E-state index is 12.4. The van der Waals surface area contributed by atoms with Crippen molar-refractivity contribution in [2.45, 2.75) is 5.75 Å². The van der Waals surface area contributed by atoms with Gasteiger partial charge in [-0.2, -0.15) is 0 Å². The Hall–Kier alpha value is -2.62. The molecule has 0 spiro atoms. The summed E-state index contributed by atoms with van der Waals surface area (Å²) in [6.07, 6.45) is 0. The molecule has 1 heterocycles. The SMILES string of the molecule is COCCNS(=O)(=O)Cc1cccc(NC(=O)c2ccc3c(c2)OCO3)c1. The van der Waals surface area contributed by atoms with Crippen molar-refractivity contribution < 1.29 is 27.4 Å². The summed E-state index contributed by atoms with van der Waals surface area (Å²) in [4.78, 5) is 12.4. The zero-order chi connectivity index (χ0) is 19.3. The summed E-state index contributed by atoms with van der Waals surface area (Å²) in [6.45, 7) is 0.638. The van der Waals surface area contributed by atoms with Crippen molar-refractivity contribution in [3.63, 3.8) is 0 Å². The van der Waals surface area contributed by atoms with Gasteiger partial charge in [0.25, 0.3) is 5.91 Å². The fourth-order valence-corrected chi connectivity index (χ4v) is 3.66. The number of hydrogen-bond donors (Lipinski definition) is 2. The van der Waals surface area contributed by atoms with Crippen LogP contribution in [0.5, 0.6) is 11.5 Å². The summed E-state index contributed by atoms with van der Waals surface area (Å²) in [7, 11) is -1.98. The first-order chi connectivity index (χ1) is 13.0. The molecule has 1 aliphatic rings. The number of rotatable bonds is 8. The van der Waals surface area contributed by atoms with E-state index in [1.54, 1.807) is 42.5 Å². The van der Waals surface area contributed by atoms with E-state index in [9.17, 15) is 13.2 Å². The van der Waals surface area contributed by atoms with Crippen LogP contribution in [0.3, 0.4) is 0 Å². The summed E-state index contributed by atoms with van der Waals surface area (Å²) in [5.41, 5.74) is 1.48. The summed E-state index contributed by atoms with van der Waals surface area (Å²) in [6, 6.07) is 11.6. The van der Waals surface area contributed by atoms with Crippen molar-refractivity contribution in [1.82, 2.24) is 4.72 Å². The molecular weight excluding hydrogens is 372 g/mol. The van der Waals surface area contributed by atoms with Gasteiger partial charge < -0.3 is 19.5 Å². The maximum atomic E-state index is 12.4. The van der Waals surface area contributed by atoms with E-state index in [1.807, 2.05) is 0 Å². The van der Waals surface area contributed by atoms with Gasteiger partial charge in [0.2, 0.25) is 16.8 Å². The third-order valence-corrected chi connectivity index (χ3v) is 5.16. The minimum Gasteiger partial charge on any atom is -0.454 e. The van der Waals surface area contributed by atoms with Gasteiger partial charge >= 0.3 is 0 Å². The van der Waals surface area contributed by atoms with Gasteiger partial charge in [-0.1, -0.05) is 12.1 Å². The third-order valence-electron chi connectivity index (χ3n) is 3.80. The number of hydrogen-bond acceptors (Lipinski definition) is 6. The lowest BCUT2D eigenvalue weighted by molar-refractivity contribution is 0.102. The number of anilines is 1. The van der Waals surface area contributed by atoms with Gasteiger partial charge in [-0.05, 0) is 35.9 Å². The molecule has 3 rings (SSSR count). The number of sulfonamides is 1. The number of benzene rings is 2. The van der Waals surface area contributed by atoms with Crippen LogP contribution in [0.15, 0.2) is 42.5 Å². The van der Waals surface area contributed by atoms with E-state index < -0.39 is 10.0 Å². The second-order valence-corrected chi connectivity index (χ2v) is 7.68. The molecule has 9 heteroatoms. The zero-order valence-corrected chi connectivity index (χ0v) is 15.5. The lowest BCUT2D eigenvalue weighted by atomic mass is 10.1. The molecule has 1 aliphatic heterocycles. The first-order valence-corrected chi connectivity index (χ1v) is 9.88. The van der Waals surface area contributed by atoms with E-state index in [-0.39, 0.29) is 25.0 Å². The average molecular weight is 392 g/mol. The van der Waals surface area contributed by atoms with Gasteiger partial charge in [0, 0.05) is 24.9 Å². The normalized spacial score (nSPS) is 12.8. The third kappa shape index (κ3) is 5.19. The van der Waals surface area contributed by atoms with Crippen LogP contribution in [0.2, 0.25) is 0 Å². The minimum absolute atomic E-state index is 0.134. The minimum atomic E-state index is -3.48. The topological polar surface area (TPSA) is 103 Å². The van der Waals surface area contributed by atoms with E-state index in [1.165, 1.54) is 7.11 Å². The summed E-state index contributed by atoms with van der Waals surface area (Å²) >= 11 is 0. The van der Waals surface area contributed by atoms with Crippen molar-refractivity contribution in [1.29, 1.82) is 0 Å². The summed E-state index contributed by atoms with van der Waals surface area (Å²) < 4.78 is 41.9. The quantitative estimate of drug-likeness (QED) is 0.664. The average Bonchev–Trinajstić information content (AvgIpc) is 3.09. The van der Waals surface area contributed by atoms with Gasteiger partial charge in [0.1, 0.15) is 0 Å². The molecule has 0 bridgehead atoms. The summed E-state index contributed by atoms with van der Waals surface area (Å²) in [5.74, 6) is 0.598. The van der Waals surface area contributed by atoms with Crippen molar-refractivity contribution in [3.8, 4) is 11.5 Å². The van der Waals surface area contributed by atoms with Crippen molar-refractivity contribution in [2.24, 2.45) is 0 Å². The largest absolute Gasteiger partial charge is 0.454 e.